The Morgan fingerprint density at radius 1 is 1.19 bits per heavy atom. The maximum atomic E-state index is 4.31. The van der Waals surface area contributed by atoms with Gasteiger partial charge in [-0.1, -0.05) is 0 Å². The summed E-state index contributed by atoms with van der Waals surface area (Å²) in [5, 5.41) is 3.50. The van der Waals surface area contributed by atoms with Crippen LogP contribution in [0.1, 0.15) is 12.1 Å². The van der Waals surface area contributed by atoms with Crippen molar-refractivity contribution in [3.05, 3.63) is 24.0 Å². The van der Waals surface area contributed by atoms with Crippen molar-refractivity contribution in [2.45, 2.75) is 13.3 Å². The van der Waals surface area contributed by atoms with Crippen molar-refractivity contribution in [2.75, 3.05) is 50.7 Å². The quantitative estimate of drug-likeness (QED) is 0.909. The van der Waals surface area contributed by atoms with Crippen molar-refractivity contribution >= 4 is 5.69 Å². The zero-order valence-corrected chi connectivity index (χ0v) is 13.0. The van der Waals surface area contributed by atoms with E-state index >= 15 is 0 Å². The Labute approximate surface area is 127 Å². The maximum Gasteiger partial charge on any atom is 0.0400 e. The summed E-state index contributed by atoms with van der Waals surface area (Å²) >= 11 is 0. The number of fused-ring (bicyclic) bond motifs is 1. The molecule has 3 fully saturated rings. The van der Waals surface area contributed by atoms with Crippen LogP contribution in [0.2, 0.25) is 0 Å². The number of rotatable bonds is 3. The summed E-state index contributed by atoms with van der Waals surface area (Å²) in [7, 11) is 0. The highest BCUT2D eigenvalue weighted by molar-refractivity contribution is 5.46. The molecule has 4 rings (SSSR count). The molecule has 1 aliphatic carbocycles. The zero-order valence-electron chi connectivity index (χ0n) is 13.0. The van der Waals surface area contributed by atoms with Crippen LogP contribution in [-0.2, 0) is 0 Å². The second kappa shape index (κ2) is 5.58. The van der Waals surface area contributed by atoms with Crippen LogP contribution < -0.4 is 10.2 Å². The lowest BCUT2D eigenvalue weighted by Crippen LogP contribution is -2.33. The van der Waals surface area contributed by atoms with Crippen LogP contribution in [0.15, 0.2) is 18.3 Å². The van der Waals surface area contributed by atoms with Crippen LogP contribution in [0, 0.1) is 24.7 Å². The number of aromatic nitrogens is 1. The fourth-order valence-electron chi connectivity index (χ4n) is 4.25. The monoisotopic (exact) mass is 286 g/mol. The molecule has 3 atom stereocenters. The number of nitrogens with one attached hydrogen (secondary N) is 1. The Hall–Kier alpha value is -1.13. The fraction of sp³-hybridized carbons (Fsp3) is 0.706. The molecular formula is C17H26N4. The molecule has 0 radical (unpaired) electrons. The number of piperidine rings is 1. The third kappa shape index (κ3) is 2.79. The molecule has 1 saturated carbocycles. The molecule has 2 saturated heterocycles. The van der Waals surface area contributed by atoms with Gasteiger partial charge in [-0.15, -0.1) is 0 Å². The smallest absolute Gasteiger partial charge is 0.0400 e. The summed E-state index contributed by atoms with van der Waals surface area (Å²) in [5.74, 6) is 2.97. The normalized spacial score (nSPS) is 32.8. The SMILES string of the molecule is Cc1cc(N2CCCN(CC3[C@H]4CNC[C@@H]34)CC2)ccn1. The van der Waals surface area contributed by atoms with E-state index in [4.69, 9.17) is 0 Å². The van der Waals surface area contributed by atoms with Gasteiger partial charge in [0.25, 0.3) is 0 Å². The highest BCUT2D eigenvalue weighted by atomic mass is 15.2. The van der Waals surface area contributed by atoms with Crippen LogP contribution in [0.25, 0.3) is 0 Å². The van der Waals surface area contributed by atoms with Crippen LogP contribution >= 0.6 is 0 Å². The van der Waals surface area contributed by atoms with Gasteiger partial charge >= 0.3 is 0 Å². The van der Waals surface area contributed by atoms with E-state index < -0.39 is 0 Å². The number of hydrogen-bond acceptors (Lipinski definition) is 4. The maximum absolute atomic E-state index is 4.31. The molecule has 1 aromatic rings. The average Bonchev–Trinajstić information content (AvgIpc) is 2.99. The molecule has 0 bridgehead atoms. The highest BCUT2D eigenvalue weighted by Gasteiger charge is 2.52. The van der Waals surface area contributed by atoms with Gasteiger partial charge < -0.3 is 15.1 Å². The fourth-order valence-corrected chi connectivity index (χ4v) is 4.25. The topological polar surface area (TPSA) is 31.4 Å². The van der Waals surface area contributed by atoms with Gasteiger partial charge in [0.2, 0.25) is 0 Å². The molecule has 3 aliphatic rings. The van der Waals surface area contributed by atoms with Crippen molar-refractivity contribution in [1.29, 1.82) is 0 Å². The van der Waals surface area contributed by atoms with Gasteiger partial charge in [-0.25, -0.2) is 0 Å². The number of nitrogens with zero attached hydrogens (tertiary/aromatic N) is 3. The van der Waals surface area contributed by atoms with Crippen molar-refractivity contribution in [1.82, 2.24) is 15.2 Å². The van der Waals surface area contributed by atoms with E-state index in [0.717, 1.165) is 30.0 Å². The Bertz CT molecular complexity index is 493. The van der Waals surface area contributed by atoms with Crippen molar-refractivity contribution in [3.8, 4) is 0 Å². The molecule has 21 heavy (non-hydrogen) atoms. The summed E-state index contributed by atoms with van der Waals surface area (Å²) in [4.78, 5) is 9.55. The first-order chi connectivity index (χ1) is 10.3. The standard InChI is InChI=1S/C17H26N4/c1-13-9-14(3-4-19-13)21-6-2-5-20(7-8-21)12-17-15-10-18-11-16(15)17/h3-4,9,15-18H,2,5-8,10-12H2,1H3/t15-,16+,17?. The first kappa shape index (κ1) is 13.5. The molecule has 4 nitrogen and oxygen atoms in total. The number of pyridine rings is 1. The molecule has 0 amide bonds. The van der Waals surface area contributed by atoms with Crippen LogP contribution in [0.5, 0.6) is 0 Å². The van der Waals surface area contributed by atoms with E-state index in [-0.39, 0.29) is 0 Å². The third-order valence-electron chi connectivity index (χ3n) is 5.57. The molecule has 1 aromatic heterocycles. The Balaban J connectivity index is 1.33. The lowest BCUT2D eigenvalue weighted by atomic mass is 10.2. The second-order valence-electron chi connectivity index (χ2n) is 6.95. The second-order valence-corrected chi connectivity index (χ2v) is 6.95. The molecule has 1 unspecified atom stereocenters. The molecule has 0 aromatic carbocycles. The Kier molecular flexibility index (Phi) is 3.59. The minimum absolute atomic E-state index is 0.987. The summed E-state index contributed by atoms with van der Waals surface area (Å²) in [6, 6.07) is 4.37. The highest BCUT2D eigenvalue weighted by Crippen LogP contribution is 2.48. The number of anilines is 1. The predicted molar refractivity (Wildman–Crippen MR) is 85.6 cm³/mol. The first-order valence-electron chi connectivity index (χ1n) is 8.42. The van der Waals surface area contributed by atoms with Gasteiger partial charge in [-0.2, -0.15) is 0 Å². The van der Waals surface area contributed by atoms with Crippen molar-refractivity contribution in [2.24, 2.45) is 17.8 Å². The summed E-state index contributed by atoms with van der Waals surface area (Å²) in [6.07, 6.45) is 3.22. The molecular weight excluding hydrogens is 260 g/mol. The van der Waals surface area contributed by atoms with Crippen molar-refractivity contribution < 1.29 is 0 Å². The minimum Gasteiger partial charge on any atom is -0.370 e. The van der Waals surface area contributed by atoms with Gasteiger partial charge in [-0.05, 0) is 62.9 Å². The van der Waals surface area contributed by atoms with E-state index in [1.165, 1.54) is 51.4 Å². The van der Waals surface area contributed by atoms with E-state index in [9.17, 15) is 0 Å². The first-order valence-corrected chi connectivity index (χ1v) is 8.42. The van der Waals surface area contributed by atoms with Gasteiger partial charge in [0, 0.05) is 43.8 Å². The van der Waals surface area contributed by atoms with Crippen LogP contribution in [0.4, 0.5) is 5.69 Å². The molecule has 1 N–H and O–H groups in total. The van der Waals surface area contributed by atoms with E-state index in [0.29, 0.717) is 0 Å². The molecule has 2 aliphatic heterocycles. The Morgan fingerprint density at radius 2 is 2.05 bits per heavy atom. The van der Waals surface area contributed by atoms with E-state index in [1.807, 2.05) is 6.20 Å². The number of aryl methyl sites for hydroxylation is 1. The third-order valence-corrected chi connectivity index (χ3v) is 5.57. The summed E-state index contributed by atoms with van der Waals surface area (Å²) < 4.78 is 0. The molecule has 114 valence electrons. The number of hydrogen-bond donors (Lipinski definition) is 1. The lowest BCUT2D eigenvalue weighted by Gasteiger charge is -2.24. The molecule has 0 spiro atoms. The van der Waals surface area contributed by atoms with Crippen molar-refractivity contribution in [3.63, 3.8) is 0 Å². The van der Waals surface area contributed by atoms with E-state index in [2.05, 4.69) is 39.2 Å². The summed E-state index contributed by atoms with van der Waals surface area (Å²) in [6.45, 7) is 10.8. The Morgan fingerprint density at radius 3 is 2.86 bits per heavy atom. The zero-order chi connectivity index (χ0) is 14.2. The van der Waals surface area contributed by atoms with E-state index in [1.54, 1.807) is 0 Å². The predicted octanol–water partition coefficient (Wildman–Crippen LogP) is 1.37. The molecule has 3 heterocycles. The van der Waals surface area contributed by atoms with Gasteiger partial charge in [0.15, 0.2) is 0 Å². The van der Waals surface area contributed by atoms with Gasteiger partial charge in [0.05, 0.1) is 0 Å². The van der Waals surface area contributed by atoms with Gasteiger partial charge in [-0.3, -0.25) is 4.98 Å². The van der Waals surface area contributed by atoms with Crippen LogP contribution in [-0.4, -0.2) is 55.7 Å². The van der Waals surface area contributed by atoms with Gasteiger partial charge in [0.1, 0.15) is 0 Å². The summed E-state index contributed by atoms with van der Waals surface area (Å²) in [5.41, 5.74) is 2.46. The largest absolute Gasteiger partial charge is 0.370 e. The minimum atomic E-state index is 0.987. The average molecular weight is 286 g/mol. The lowest BCUT2D eigenvalue weighted by molar-refractivity contribution is 0.268. The van der Waals surface area contributed by atoms with Crippen LogP contribution in [0.3, 0.4) is 0 Å². The molecule has 4 heteroatoms.